The number of nitrogens with one attached hydrogen (secondary N) is 1. The molecule has 20 heavy (non-hydrogen) atoms. The molecule has 1 aromatic heterocycles. The van der Waals surface area contributed by atoms with E-state index in [-0.39, 0.29) is 23.7 Å². The van der Waals surface area contributed by atoms with E-state index in [1.54, 1.807) is 13.0 Å². The Morgan fingerprint density at radius 1 is 1.40 bits per heavy atom. The standard InChI is InChI=1S/C13H12FN3O3/c1-8-2-5-13(18)12(16-8)7-15-11-6-9(17(19)20)3-4-10(11)14/h2-6,15,18H,7H2,1H3. The summed E-state index contributed by atoms with van der Waals surface area (Å²) in [7, 11) is 0. The van der Waals surface area contributed by atoms with Crippen LogP contribution in [0.25, 0.3) is 0 Å². The van der Waals surface area contributed by atoms with E-state index in [0.717, 1.165) is 18.2 Å². The van der Waals surface area contributed by atoms with E-state index in [4.69, 9.17) is 0 Å². The van der Waals surface area contributed by atoms with Gasteiger partial charge in [-0.1, -0.05) is 0 Å². The summed E-state index contributed by atoms with van der Waals surface area (Å²) >= 11 is 0. The molecule has 0 aliphatic carbocycles. The van der Waals surface area contributed by atoms with Crippen molar-refractivity contribution in [2.45, 2.75) is 13.5 Å². The Bertz CT molecular complexity index is 661. The van der Waals surface area contributed by atoms with Gasteiger partial charge < -0.3 is 10.4 Å². The third-order valence-electron chi connectivity index (χ3n) is 2.70. The maximum Gasteiger partial charge on any atom is 0.271 e. The van der Waals surface area contributed by atoms with E-state index in [1.807, 2.05) is 0 Å². The van der Waals surface area contributed by atoms with E-state index < -0.39 is 10.7 Å². The molecule has 2 N–H and O–H groups in total. The minimum Gasteiger partial charge on any atom is -0.506 e. The number of halogens is 1. The summed E-state index contributed by atoms with van der Waals surface area (Å²) < 4.78 is 13.5. The molecule has 0 atom stereocenters. The highest BCUT2D eigenvalue weighted by molar-refractivity contribution is 5.52. The highest BCUT2D eigenvalue weighted by Gasteiger charge is 2.11. The van der Waals surface area contributed by atoms with Crippen molar-refractivity contribution < 1.29 is 14.4 Å². The molecule has 7 heteroatoms. The minimum absolute atomic E-state index is 0.0121. The number of aryl methyl sites for hydroxylation is 1. The topological polar surface area (TPSA) is 88.3 Å². The zero-order valence-corrected chi connectivity index (χ0v) is 10.6. The van der Waals surface area contributed by atoms with Crippen LogP contribution in [0.1, 0.15) is 11.4 Å². The molecule has 0 aliphatic rings. The van der Waals surface area contributed by atoms with Crippen LogP contribution in [0, 0.1) is 22.9 Å². The third kappa shape index (κ3) is 3.00. The lowest BCUT2D eigenvalue weighted by molar-refractivity contribution is -0.384. The Kier molecular flexibility index (Phi) is 3.79. The molecule has 0 unspecified atom stereocenters. The fourth-order valence-electron chi connectivity index (χ4n) is 1.67. The van der Waals surface area contributed by atoms with Crippen molar-refractivity contribution in [3.63, 3.8) is 0 Å². The van der Waals surface area contributed by atoms with Gasteiger partial charge in [0.15, 0.2) is 0 Å². The number of aromatic nitrogens is 1. The molecule has 0 radical (unpaired) electrons. The van der Waals surface area contributed by atoms with Gasteiger partial charge in [0.1, 0.15) is 17.3 Å². The van der Waals surface area contributed by atoms with Gasteiger partial charge in [-0.2, -0.15) is 0 Å². The largest absolute Gasteiger partial charge is 0.506 e. The van der Waals surface area contributed by atoms with Crippen LogP contribution in [-0.2, 0) is 6.54 Å². The smallest absolute Gasteiger partial charge is 0.271 e. The van der Waals surface area contributed by atoms with Gasteiger partial charge in [-0.3, -0.25) is 15.1 Å². The van der Waals surface area contributed by atoms with Gasteiger partial charge in [0.05, 0.1) is 17.2 Å². The van der Waals surface area contributed by atoms with E-state index in [9.17, 15) is 19.6 Å². The summed E-state index contributed by atoms with van der Waals surface area (Å²) in [4.78, 5) is 14.1. The number of nitro benzene ring substituents is 1. The van der Waals surface area contributed by atoms with Gasteiger partial charge in [0, 0.05) is 17.8 Å². The molecule has 0 saturated carbocycles. The van der Waals surface area contributed by atoms with Crippen LogP contribution in [-0.4, -0.2) is 15.0 Å². The number of benzene rings is 1. The van der Waals surface area contributed by atoms with Crippen molar-refractivity contribution in [1.29, 1.82) is 0 Å². The Labute approximate surface area is 114 Å². The summed E-state index contributed by atoms with van der Waals surface area (Å²) in [6, 6.07) is 6.34. The lowest BCUT2D eigenvalue weighted by Gasteiger charge is -2.09. The number of nitrogens with zero attached hydrogens (tertiary/aromatic N) is 2. The quantitative estimate of drug-likeness (QED) is 0.662. The molecule has 1 heterocycles. The second-order valence-electron chi connectivity index (χ2n) is 4.19. The molecule has 2 rings (SSSR count). The van der Waals surface area contributed by atoms with Gasteiger partial charge in [-0.05, 0) is 25.1 Å². The van der Waals surface area contributed by atoms with Crippen molar-refractivity contribution in [3.05, 3.63) is 57.7 Å². The minimum atomic E-state index is -0.609. The third-order valence-corrected chi connectivity index (χ3v) is 2.70. The molecule has 1 aromatic carbocycles. The fraction of sp³-hybridized carbons (Fsp3) is 0.154. The van der Waals surface area contributed by atoms with E-state index in [0.29, 0.717) is 11.4 Å². The monoisotopic (exact) mass is 277 g/mol. The zero-order chi connectivity index (χ0) is 14.7. The van der Waals surface area contributed by atoms with E-state index >= 15 is 0 Å². The maximum absolute atomic E-state index is 13.5. The van der Waals surface area contributed by atoms with Gasteiger partial charge >= 0.3 is 0 Å². The second-order valence-corrected chi connectivity index (χ2v) is 4.19. The average molecular weight is 277 g/mol. The van der Waals surface area contributed by atoms with E-state index in [2.05, 4.69) is 10.3 Å². The number of non-ortho nitro benzene ring substituents is 1. The molecule has 0 bridgehead atoms. The lowest BCUT2D eigenvalue weighted by atomic mass is 10.2. The number of hydrogen-bond acceptors (Lipinski definition) is 5. The number of aromatic hydroxyl groups is 1. The van der Waals surface area contributed by atoms with Crippen LogP contribution in [0.15, 0.2) is 30.3 Å². The number of hydrogen-bond donors (Lipinski definition) is 2. The number of anilines is 1. The maximum atomic E-state index is 13.5. The fourth-order valence-corrected chi connectivity index (χ4v) is 1.67. The molecule has 104 valence electrons. The molecule has 0 spiro atoms. The molecule has 0 amide bonds. The van der Waals surface area contributed by atoms with Gasteiger partial charge in [0.25, 0.3) is 5.69 Å². The Hall–Kier alpha value is -2.70. The summed E-state index contributed by atoms with van der Waals surface area (Å²) in [5, 5.41) is 23.0. The summed E-state index contributed by atoms with van der Waals surface area (Å²) in [5.74, 6) is -0.628. The van der Waals surface area contributed by atoms with E-state index in [1.165, 1.54) is 6.07 Å². The first-order valence-corrected chi connectivity index (χ1v) is 5.80. The van der Waals surface area contributed by atoms with Crippen LogP contribution in [0.5, 0.6) is 5.75 Å². The highest BCUT2D eigenvalue weighted by Crippen LogP contribution is 2.23. The molecular weight excluding hydrogens is 265 g/mol. The zero-order valence-electron chi connectivity index (χ0n) is 10.6. The van der Waals surface area contributed by atoms with Crippen molar-refractivity contribution in [2.24, 2.45) is 0 Å². The lowest BCUT2D eigenvalue weighted by Crippen LogP contribution is -2.05. The van der Waals surface area contributed by atoms with Crippen molar-refractivity contribution in [3.8, 4) is 5.75 Å². The number of nitro groups is 1. The van der Waals surface area contributed by atoms with Crippen LogP contribution in [0.4, 0.5) is 15.8 Å². The first kappa shape index (κ1) is 13.7. The van der Waals surface area contributed by atoms with Crippen LogP contribution < -0.4 is 5.32 Å². The van der Waals surface area contributed by atoms with Crippen LogP contribution in [0.3, 0.4) is 0 Å². The Morgan fingerprint density at radius 3 is 2.85 bits per heavy atom. The van der Waals surface area contributed by atoms with Crippen LogP contribution >= 0.6 is 0 Å². The molecular formula is C13H12FN3O3. The predicted molar refractivity (Wildman–Crippen MR) is 71.0 cm³/mol. The Balaban J connectivity index is 2.20. The predicted octanol–water partition coefficient (Wildman–Crippen LogP) is 2.76. The summed E-state index contributed by atoms with van der Waals surface area (Å²) in [5.41, 5.74) is 0.826. The number of rotatable bonds is 4. The molecule has 2 aromatic rings. The SMILES string of the molecule is Cc1ccc(O)c(CNc2cc([N+](=O)[O-])ccc2F)n1. The molecule has 0 saturated heterocycles. The number of pyridine rings is 1. The summed E-state index contributed by atoms with van der Waals surface area (Å²) in [6.45, 7) is 1.82. The van der Waals surface area contributed by atoms with Crippen molar-refractivity contribution >= 4 is 11.4 Å². The van der Waals surface area contributed by atoms with Crippen molar-refractivity contribution in [2.75, 3.05) is 5.32 Å². The average Bonchev–Trinajstić information content (AvgIpc) is 2.41. The molecule has 0 fully saturated rings. The first-order valence-electron chi connectivity index (χ1n) is 5.80. The van der Waals surface area contributed by atoms with Gasteiger partial charge in [-0.15, -0.1) is 0 Å². The molecule has 6 nitrogen and oxygen atoms in total. The second kappa shape index (κ2) is 5.52. The highest BCUT2D eigenvalue weighted by atomic mass is 19.1. The van der Waals surface area contributed by atoms with Gasteiger partial charge in [-0.25, -0.2) is 4.39 Å². The van der Waals surface area contributed by atoms with Crippen molar-refractivity contribution in [1.82, 2.24) is 4.98 Å². The molecule has 0 aliphatic heterocycles. The Morgan fingerprint density at radius 2 is 2.15 bits per heavy atom. The van der Waals surface area contributed by atoms with Gasteiger partial charge in [0.2, 0.25) is 0 Å². The first-order chi connectivity index (χ1) is 9.47. The summed E-state index contributed by atoms with van der Waals surface area (Å²) in [6.07, 6.45) is 0. The normalized spacial score (nSPS) is 10.3. The van der Waals surface area contributed by atoms with Crippen LogP contribution in [0.2, 0.25) is 0 Å².